The van der Waals surface area contributed by atoms with Crippen molar-refractivity contribution in [3.63, 3.8) is 0 Å². The van der Waals surface area contributed by atoms with E-state index in [1.807, 2.05) is 50.7 Å². The van der Waals surface area contributed by atoms with E-state index >= 15 is 0 Å². The highest BCUT2D eigenvalue weighted by Crippen LogP contribution is 2.07. The van der Waals surface area contributed by atoms with Crippen molar-refractivity contribution in [2.45, 2.75) is 39.3 Å². The van der Waals surface area contributed by atoms with Crippen molar-refractivity contribution in [1.29, 1.82) is 0 Å². The fourth-order valence-electron chi connectivity index (χ4n) is 1.75. The van der Waals surface area contributed by atoms with E-state index in [9.17, 15) is 4.79 Å². The molecule has 0 aliphatic rings. The second-order valence-corrected chi connectivity index (χ2v) is 5.88. The molecule has 0 saturated heterocycles. The molecular formula is C15H26N4O2. The Kier molecular flexibility index (Phi) is 6.42. The van der Waals surface area contributed by atoms with E-state index in [0.29, 0.717) is 13.1 Å². The first-order chi connectivity index (χ1) is 9.79. The molecule has 0 fully saturated rings. The predicted octanol–water partition coefficient (Wildman–Crippen LogP) is 2.15. The van der Waals surface area contributed by atoms with Crippen molar-refractivity contribution in [3.05, 3.63) is 30.4 Å². The summed E-state index contributed by atoms with van der Waals surface area (Å²) in [5, 5.41) is 6.01. The molecule has 0 bridgehead atoms. The Balaban J connectivity index is 2.18. The SMILES string of the molecule is CC(NC/C=C/CNC(=O)OC(C)(C)C)c1nccn1C. The average Bonchev–Trinajstić information content (AvgIpc) is 2.77. The molecule has 2 N–H and O–H groups in total. The van der Waals surface area contributed by atoms with Crippen LogP contribution in [0.3, 0.4) is 0 Å². The highest BCUT2D eigenvalue weighted by molar-refractivity contribution is 5.67. The molecule has 0 spiro atoms. The van der Waals surface area contributed by atoms with Gasteiger partial charge in [0, 0.05) is 32.5 Å². The van der Waals surface area contributed by atoms with Crippen LogP contribution in [0, 0.1) is 0 Å². The van der Waals surface area contributed by atoms with Gasteiger partial charge in [0.15, 0.2) is 0 Å². The van der Waals surface area contributed by atoms with Crippen LogP contribution in [0.5, 0.6) is 0 Å². The molecule has 0 radical (unpaired) electrons. The van der Waals surface area contributed by atoms with Crippen LogP contribution in [0.1, 0.15) is 39.6 Å². The largest absolute Gasteiger partial charge is 0.444 e. The van der Waals surface area contributed by atoms with Gasteiger partial charge in [-0.05, 0) is 27.7 Å². The Morgan fingerprint density at radius 1 is 1.43 bits per heavy atom. The maximum absolute atomic E-state index is 11.4. The predicted molar refractivity (Wildman–Crippen MR) is 83.0 cm³/mol. The molecule has 0 aromatic carbocycles. The normalized spacial score (nSPS) is 13.4. The van der Waals surface area contributed by atoms with Crippen LogP contribution in [-0.4, -0.2) is 34.3 Å². The first-order valence-electron chi connectivity index (χ1n) is 7.12. The molecule has 0 saturated carbocycles. The lowest BCUT2D eigenvalue weighted by atomic mass is 10.2. The number of aryl methyl sites for hydroxylation is 1. The highest BCUT2D eigenvalue weighted by atomic mass is 16.6. The third kappa shape index (κ3) is 6.94. The number of carbonyl (C=O) groups excluding carboxylic acids is 1. The maximum atomic E-state index is 11.4. The first-order valence-corrected chi connectivity index (χ1v) is 7.12. The molecule has 1 heterocycles. The van der Waals surface area contributed by atoms with Crippen molar-refractivity contribution >= 4 is 6.09 Å². The number of aromatic nitrogens is 2. The third-order valence-corrected chi connectivity index (χ3v) is 2.72. The van der Waals surface area contributed by atoms with E-state index < -0.39 is 11.7 Å². The Morgan fingerprint density at radius 2 is 2.10 bits per heavy atom. The standard InChI is InChI=1S/C15H26N4O2/c1-12(13-17-10-11-19(13)5)16-8-6-7-9-18-14(20)21-15(2,3)4/h6-7,10-12,16H,8-9H2,1-5H3,(H,18,20)/b7-6+. The van der Waals surface area contributed by atoms with Crippen molar-refractivity contribution in [1.82, 2.24) is 20.2 Å². The van der Waals surface area contributed by atoms with Crippen LogP contribution in [0.15, 0.2) is 24.5 Å². The van der Waals surface area contributed by atoms with Gasteiger partial charge in [-0.1, -0.05) is 12.2 Å². The summed E-state index contributed by atoms with van der Waals surface area (Å²) in [5.41, 5.74) is -0.465. The molecule has 21 heavy (non-hydrogen) atoms. The Morgan fingerprint density at radius 3 is 2.67 bits per heavy atom. The number of imidazole rings is 1. The summed E-state index contributed by atoms with van der Waals surface area (Å²) in [6.45, 7) is 8.74. The van der Waals surface area contributed by atoms with Crippen LogP contribution in [-0.2, 0) is 11.8 Å². The molecule has 1 aromatic heterocycles. The molecule has 6 heteroatoms. The van der Waals surface area contributed by atoms with Crippen LogP contribution in [0.25, 0.3) is 0 Å². The number of carbonyl (C=O) groups is 1. The van der Waals surface area contributed by atoms with Crippen molar-refractivity contribution in [2.75, 3.05) is 13.1 Å². The van der Waals surface area contributed by atoms with Gasteiger partial charge in [-0.25, -0.2) is 9.78 Å². The number of hydrogen-bond acceptors (Lipinski definition) is 4. The fraction of sp³-hybridized carbons (Fsp3) is 0.600. The Labute approximate surface area is 126 Å². The fourth-order valence-corrected chi connectivity index (χ4v) is 1.75. The smallest absolute Gasteiger partial charge is 0.407 e. The molecule has 1 aromatic rings. The van der Waals surface area contributed by atoms with E-state index in [2.05, 4.69) is 22.5 Å². The van der Waals surface area contributed by atoms with Crippen molar-refractivity contribution < 1.29 is 9.53 Å². The first kappa shape index (κ1) is 17.2. The van der Waals surface area contributed by atoms with Crippen LogP contribution in [0.2, 0.25) is 0 Å². The highest BCUT2D eigenvalue weighted by Gasteiger charge is 2.14. The van der Waals surface area contributed by atoms with Gasteiger partial charge in [0.25, 0.3) is 0 Å². The van der Waals surface area contributed by atoms with Gasteiger partial charge >= 0.3 is 6.09 Å². The number of nitrogens with zero attached hydrogens (tertiary/aromatic N) is 2. The van der Waals surface area contributed by atoms with Gasteiger partial charge in [-0.2, -0.15) is 0 Å². The van der Waals surface area contributed by atoms with Gasteiger partial charge in [-0.3, -0.25) is 0 Å². The van der Waals surface area contributed by atoms with E-state index in [4.69, 9.17) is 4.74 Å². The second-order valence-electron chi connectivity index (χ2n) is 5.88. The summed E-state index contributed by atoms with van der Waals surface area (Å²) in [7, 11) is 1.97. The minimum atomic E-state index is -0.465. The molecule has 0 aliphatic carbocycles. The quantitative estimate of drug-likeness (QED) is 0.789. The summed E-state index contributed by atoms with van der Waals surface area (Å²) in [5.74, 6) is 0.996. The minimum absolute atomic E-state index is 0.175. The molecule has 118 valence electrons. The lowest BCUT2D eigenvalue weighted by Crippen LogP contribution is -2.32. The summed E-state index contributed by atoms with van der Waals surface area (Å²) in [4.78, 5) is 15.7. The molecule has 6 nitrogen and oxygen atoms in total. The lowest BCUT2D eigenvalue weighted by molar-refractivity contribution is 0.0534. The molecule has 1 atom stereocenters. The number of alkyl carbamates (subject to hydrolysis) is 1. The van der Waals surface area contributed by atoms with Gasteiger partial charge in [0.2, 0.25) is 0 Å². The molecule has 1 unspecified atom stereocenters. The van der Waals surface area contributed by atoms with Gasteiger partial charge < -0.3 is 19.9 Å². The monoisotopic (exact) mass is 294 g/mol. The summed E-state index contributed by atoms with van der Waals surface area (Å²) < 4.78 is 7.13. The van der Waals surface area contributed by atoms with E-state index in [1.165, 1.54) is 0 Å². The van der Waals surface area contributed by atoms with Crippen LogP contribution >= 0.6 is 0 Å². The Hall–Kier alpha value is -1.82. The maximum Gasteiger partial charge on any atom is 0.407 e. The number of amides is 1. The zero-order valence-electron chi connectivity index (χ0n) is 13.5. The third-order valence-electron chi connectivity index (χ3n) is 2.72. The van der Waals surface area contributed by atoms with Gasteiger partial charge in [0.05, 0.1) is 6.04 Å². The van der Waals surface area contributed by atoms with Crippen molar-refractivity contribution in [2.24, 2.45) is 7.05 Å². The summed E-state index contributed by atoms with van der Waals surface area (Å²) in [6, 6.07) is 0.175. The molecular weight excluding hydrogens is 268 g/mol. The van der Waals surface area contributed by atoms with Crippen LogP contribution < -0.4 is 10.6 Å². The zero-order chi connectivity index (χ0) is 15.9. The molecule has 1 amide bonds. The minimum Gasteiger partial charge on any atom is -0.444 e. The summed E-state index contributed by atoms with van der Waals surface area (Å²) >= 11 is 0. The topological polar surface area (TPSA) is 68.2 Å². The molecule has 1 rings (SSSR count). The lowest BCUT2D eigenvalue weighted by Gasteiger charge is -2.19. The number of hydrogen-bond donors (Lipinski definition) is 2. The number of nitrogens with one attached hydrogen (secondary N) is 2. The zero-order valence-corrected chi connectivity index (χ0v) is 13.5. The second kappa shape index (κ2) is 7.83. The van der Waals surface area contributed by atoms with Crippen LogP contribution in [0.4, 0.5) is 4.79 Å². The molecule has 0 aliphatic heterocycles. The van der Waals surface area contributed by atoms with E-state index in [-0.39, 0.29) is 6.04 Å². The van der Waals surface area contributed by atoms with E-state index in [1.54, 1.807) is 6.20 Å². The Bertz CT molecular complexity index is 474. The van der Waals surface area contributed by atoms with E-state index in [0.717, 1.165) is 5.82 Å². The van der Waals surface area contributed by atoms with Gasteiger partial charge in [-0.15, -0.1) is 0 Å². The van der Waals surface area contributed by atoms with Crippen molar-refractivity contribution in [3.8, 4) is 0 Å². The van der Waals surface area contributed by atoms with Gasteiger partial charge in [0.1, 0.15) is 11.4 Å². The number of rotatable bonds is 6. The average molecular weight is 294 g/mol. The summed E-state index contributed by atoms with van der Waals surface area (Å²) in [6.07, 6.45) is 7.17. The number of ether oxygens (including phenoxy) is 1.